The van der Waals surface area contributed by atoms with Crippen LogP contribution in [-0.2, 0) is 4.79 Å². The Morgan fingerprint density at radius 3 is 2.65 bits per heavy atom. The molecule has 0 radical (unpaired) electrons. The summed E-state index contributed by atoms with van der Waals surface area (Å²) in [6.07, 6.45) is -5.97. The van der Waals surface area contributed by atoms with Gasteiger partial charge >= 0.3 is 6.18 Å². The van der Waals surface area contributed by atoms with Gasteiger partial charge in [0.15, 0.2) is 0 Å². The molecule has 0 heterocycles. The van der Waals surface area contributed by atoms with E-state index in [9.17, 15) is 18.0 Å². The number of anilines is 1. The van der Waals surface area contributed by atoms with Gasteiger partial charge in [-0.15, -0.1) is 0 Å². The van der Waals surface area contributed by atoms with Crippen LogP contribution in [0.5, 0.6) is 0 Å². The summed E-state index contributed by atoms with van der Waals surface area (Å²) in [5.74, 6) is -0.636. The maximum Gasteiger partial charge on any atom is 0.389 e. The zero-order valence-corrected chi connectivity index (χ0v) is 10.7. The van der Waals surface area contributed by atoms with Gasteiger partial charge in [0.2, 0.25) is 5.91 Å². The van der Waals surface area contributed by atoms with Gasteiger partial charge in [-0.3, -0.25) is 4.79 Å². The van der Waals surface area contributed by atoms with Crippen molar-refractivity contribution in [1.82, 2.24) is 0 Å². The third kappa shape index (κ3) is 5.21. The van der Waals surface area contributed by atoms with Crippen LogP contribution >= 0.6 is 15.9 Å². The third-order valence-electron chi connectivity index (χ3n) is 2.11. The van der Waals surface area contributed by atoms with Crippen LogP contribution in [0.4, 0.5) is 18.9 Å². The number of hydrogen-bond donors (Lipinski definition) is 1. The van der Waals surface area contributed by atoms with Crippen LogP contribution < -0.4 is 5.32 Å². The fourth-order valence-corrected chi connectivity index (χ4v) is 1.56. The minimum absolute atomic E-state index is 0.520. The zero-order valence-electron chi connectivity index (χ0n) is 9.07. The number of hydrogen-bond acceptors (Lipinski definition) is 1. The Morgan fingerprint density at radius 1 is 1.41 bits per heavy atom. The second-order valence-corrected chi connectivity index (χ2v) is 4.54. The molecule has 0 aliphatic carbocycles. The first-order valence-electron chi connectivity index (χ1n) is 4.91. The van der Waals surface area contributed by atoms with Crippen molar-refractivity contribution < 1.29 is 18.0 Å². The molecule has 0 saturated carbocycles. The number of carbonyl (C=O) groups is 1. The molecule has 6 heteroatoms. The van der Waals surface area contributed by atoms with E-state index in [1.807, 2.05) is 0 Å². The molecule has 0 spiro atoms. The Morgan fingerprint density at radius 2 is 2.06 bits per heavy atom. The van der Waals surface area contributed by atoms with E-state index in [1.165, 1.54) is 0 Å². The number of carbonyl (C=O) groups excluding carboxylic acids is 1. The van der Waals surface area contributed by atoms with Crippen LogP contribution in [0.15, 0.2) is 22.7 Å². The minimum atomic E-state index is -4.30. The van der Waals surface area contributed by atoms with E-state index < -0.39 is 24.9 Å². The van der Waals surface area contributed by atoms with Crippen molar-refractivity contribution >= 4 is 27.5 Å². The highest BCUT2D eigenvalue weighted by molar-refractivity contribution is 9.10. The minimum Gasteiger partial charge on any atom is -0.326 e. The Kier molecular flexibility index (Phi) is 4.56. The van der Waals surface area contributed by atoms with E-state index in [0.717, 1.165) is 10.0 Å². The number of nitrogens with one attached hydrogen (secondary N) is 1. The second kappa shape index (κ2) is 5.53. The number of aryl methyl sites for hydroxylation is 1. The van der Waals surface area contributed by atoms with Crippen molar-refractivity contribution in [3.8, 4) is 0 Å². The SMILES string of the molecule is Cc1ccc(Br)cc1NC(=O)CCC(F)(F)F. The lowest BCUT2D eigenvalue weighted by molar-refractivity contribution is -0.142. The zero-order chi connectivity index (χ0) is 13.1. The Labute approximate surface area is 105 Å². The number of halogens is 4. The van der Waals surface area contributed by atoms with Crippen LogP contribution in [-0.4, -0.2) is 12.1 Å². The van der Waals surface area contributed by atoms with Crippen LogP contribution in [0.1, 0.15) is 18.4 Å². The van der Waals surface area contributed by atoms with Gasteiger partial charge in [0, 0.05) is 16.6 Å². The average Bonchev–Trinajstić information content (AvgIpc) is 2.20. The molecule has 0 fully saturated rings. The molecule has 94 valence electrons. The summed E-state index contributed by atoms with van der Waals surface area (Å²) < 4.78 is 36.5. The van der Waals surface area contributed by atoms with Crippen molar-refractivity contribution in [3.05, 3.63) is 28.2 Å². The number of rotatable bonds is 3. The monoisotopic (exact) mass is 309 g/mol. The molecule has 1 amide bonds. The molecular formula is C11H11BrF3NO. The van der Waals surface area contributed by atoms with Crippen molar-refractivity contribution in [3.63, 3.8) is 0 Å². The van der Waals surface area contributed by atoms with Gasteiger partial charge in [0.25, 0.3) is 0 Å². The molecule has 2 nitrogen and oxygen atoms in total. The smallest absolute Gasteiger partial charge is 0.326 e. The molecule has 1 N–H and O–H groups in total. The summed E-state index contributed by atoms with van der Waals surface area (Å²) in [7, 11) is 0. The van der Waals surface area contributed by atoms with Crippen LogP contribution in [0.3, 0.4) is 0 Å². The van der Waals surface area contributed by atoms with Crippen molar-refractivity contribution in [2.45, 2.75) is 25.9 Å². The lowest BCUT2D eigenvalue weighted by Gasteiger charge is -2.10. The first-order chi connectivity index (χ1) is 7.78. The molecule has 0 aromatic heterocycles. The summed E-state index contributed by atoms with van der Waals surface area (Å²) >= 11 is 3.23. The molecule has 0 aliphatic rings. The van der Waals surface area contributed by atoms with E-state index in [0.29, 0.717) is 5.69 Å². The van der Waals surface area contributed by atoms with E-state index in [1.54, 1.807) is 25.1 Å². The summed E-state index contributed by atoms with van der Waals surface area (Å²) in [6, 6.07) is 5.21. The van der Waals surface area contributed by atoms with Crippen molar-refractivity contribution in [2.75, 3.05) is 5.32 Å². The predicted octanol–water partition coefficient (Wildman–Crippen LogP) is 4.04. The molecule has 0 unspecified atom stereocenters. The molecule has 0 aliphatic heterocycles. The van der Waals surface area contributed by atoms with Gasteiger partial charge in [0.1, 0.15) is 0 Å². The van der Waals surface area contributed by atoms with E-state index in [4.69, 9.17) is 0 Å². The highest BCUT2D eigenvalue weighted by Crippen LogP contribution is 2.23. The lowest BCUT2D eigenvalue weighted by atomic mass is 10.2. The van der Waals surface area contributed by atoms with E-state index in [2.05, 4.69) is 21.2 Å². The van der Waals surface area contributed by atoms with Crippen molar-refractivity contribution in [2.24, 2.45) is 0 Å². The molecule has 1 aromatic rings. The second-order valence-electron chi connectivity index (χ2n) is 3.62. The Bertz CT molecular complexity index is 418. The Hall–Kier alpha value is -1.04. The van der Waals surface area contributed by atoms with Crippen molar-refractivity contribution in [1.29, 1.82) is 0 Å². The normalized spacial score (nSPS) is 11.4. The number of alkyl halides is 3. The first kappa shape index (κ1) is 14.0. The summed E-state index contributed by atoms with van der Waals surface area (Å²) in [5.41, 5.74) is 1.32. The summed E-state index contributed by atoms with van der Waals surface area (Å²) in [6.45, 7) is 1.77. The summed E-state index contributed by atoms with van der Waals surface area (Å²) in [4.78, 5) is 11.3. The average molecular weight is 310 g/mol. The standard InChI is InChI=1S/C11H11BrF3NO/c1-7-2-3-8(12)6-9(7)16-10(17)4-5-11(13,14)15/h2-3,6H,4-5H2,1H3,(H,16,17). The highest BCUT2D eigenvalue weighted by Gasteiger charge is 2.27. The van der Waals surface area contributed by atoms with Gasteiger partial charge in [-0.1, -0.05) is 22.0 Å². The molecule has 0 bridgehead atoms. The molecule has 1 aromatic carbocycles. The quantitative estimate of drug-likeness (QED) is 0.897. The van der Waals surface area contributed by atoms with Gasteiger partial charge in [0.05, 0.1) is 6.42 Å². The maximum absolute atomic E-state index is 11.9. The van der Waals surface area contributed by atoms with Crippen LogP contribution in [0.25, 0.3) is 0 Å². The fraction of sp³-hybridized carbons (Fsp3) is 0.364. The first-order valence-corrected chi connectivity index (χ1v) is 5.70. The van der Waals surface area contributed by atoms with Gasteiger partial charge in [-0.2, -0.15) is 13.2 Å². The molecular weight excluding hydrogens is 299 g/mol. The topological polar surface area (TPSA) is 29.1 Å². The van der Waals surface area contributed by atoms with Crippen LogP contribution in [0, 0.1) is 6.92 Å². The molecule has 0 atom stereocenters. The van der Waals surface area contributed by atoms with Gasteiger partial charge < -0.3 is 5.32 Å². The fourth-order valence-electron chi connectivity index (χ4n) is 1.20. The Balaban J connectivity index is 2.59. The number of benzene rings is 1. The highest BCUT2D eigenvalue weighted by atomic mass is 79.9. The third-order valence-corrected chi connectivity index (χ3v) is 2.60. The largest absolute Gasteiger partial charge is 0.389 e. The van der Waals surface area contributed by atoms with Crippen LogP contribution in [0.2, 0.25) is 0 Å². The van der Waals surface area contributed by atoms with Gasteiger partial charge in [-0.25, -0.2) is 0 Å². The molecule has 1 rings (SSSR count). The van der Waals surface area contributed by atoms with Gasteiger partial charge in [-0.05, 0) is 24.6 Å². The molecule has 17 heavy (non-hydrogen) atoms. The summed E-state index contributed by atoms with van der Waals surface area (Å²) in [5, 5.41) is 2.45. The lowest BCUT2D eigenvalue weighted by Crippen LogP contribution is -2.17. The van der Waals surface area contributed by atoms with E-state index in [-0.39, 0.29) is 0 Å². The predicted molar refractivity (Wildman–Crippen MR) is 62.8 cm³/mol. The van der Waals surface area contributed by atoms with E-state index >= 15 is 0 Å². The molecule has 0 saturated heterocycles. The number of amides is 1. The maximum atomic E-state index is 11.9.